The Labute approximate surface area is 223 Å². The lowest BCUT2D eigenvalue weighted by Gasteiger charge is -2.31. The van der Waals surface area contributed by atoms with Crippen molar-refractivity contribution in [2.24, 2.45) is 5.73 Å². The summed E-state index contributed by atoms with van der Waals surface area (Å²) in [5.74, 6) is 0.683. The number of nitrogens with one attached hydrogen (secondary N) is 1. The van der Waals surface area contributed by atoms with E-state index in [-0.39, 0.29) is 24.0 Å². The Kier molecular flexibility index (Phi) is 7.88. The molecule has 1 atom stereocenters. The van der Waals surface area contributed by atoms with E-state index in [0.717, 1.165) is 60.0 Å². The van der Waals surface area contributed by atoms with Crippen LogP contribution >= 0.6 is 0 Å². The summed E-state index contributed by atoms with van der Waals surface area (Å²) < 4.78 is 19.4. The number of hydrogen-bond donors (Lipinski definition) is 2. The number of rotatable bonds is 8. The van der Waals surface area contributed by atoms with Gasteiger partial charge in [-0.3, -0.25) is 4.79 Å². The van der Waals surface area contributed by atoms with Crippen LogP contribution in [0.1, 0.15) is 74.5 Å². The van der Waals surface area contributed by atoms with Crippen molar-refractivity contribution in [3.8, 4) is 5.75 Å². The number of fused-ring (bicyclic) bond motifs is 1. The summed E-state index contributed by atoms with van der Waals surface area (Å²) in [6, 6.07) is 6.17. The van der Waals surface area contributed by atoms with Gasteiger partial charge in [0, 0.05) is 36.4 Å². The molecular formula is C30H37N3O5. The standard InChI is InChI=1S/C30H37N3O5/c1-19(2)37-30(35)32-21-8-6-20(7-9-21)29-28(27(34)12-15-31)25-11-10-24(38-23-13-16-36-17-14-23)18-26(25)33(29)22-4-3-5-22/h6-8,10-12,15,18-19,21-23H,3-5,9,13-14,16-17,31H2,1-2H3,(H,32,35). The van der Waals surface area contributed by atoms with Crippen LogP contribution in [0.5, 0.6) is 5.75 Å². The number of hydrogen-bond acceptors (Lipinski definition) is 6. The minimum atomic E-state index is -0.434. The van der Waals surface area contributed by atoms with Crippen molar-refractivity contribution in [1.82, 2.24) is 9.88 Å². The Balaban J connectivity index is 1.53. The van der Waals surface area contributed by atoms with Crippen LogP contribution in [0, 0.1) is 0 Å². The molecule has 5 rings (SSSR count). The Bertz CT molecular complexity index is 1280. The number of alkyl carbamates (subject to hydrolysis) is 1. The van der Waals surface area contributed by atoms with E-state index in [1.54, 1.807) is 0 Å². The zero-order valence-electron chi connectivity index (χ0n) is 22.2. The van der Waals surface area contributed by atoms with E-state index >= 15 is 0 Å². The number of nitrogens with zero attached hydrogens (tertiary/aromatic N) is 1. The second-order valence-corrected chi connectivity index (χ2v) is 10.5. The van der Waals surface area contributed by atoms with Gasteiger partial charge in [0.15, 0.2) is 5.78 Å². The number of allylic oxidation sites excluding steroid dienone is 3. The molecule has 0 radical (unpaired) electrons. The van der Waals surface area contributed by atoms with Gasteiger partial charge in [0.25, 0.3) is 0 Å². The van der Waals surface area contributed by atoms with E-state index < -0.39 is 6.09 Å². The summed E-state index contributed by atoms with van der Waals surface area (Å²) in [7, 11) is 0. The summed E-state index contributed by atoms with van der Waals surface area (Å²) >= 11 is 0. The molecule has 1 amide bonds. The quantitative estimate of drug-likeness (QED) is 0.356. The van der Waals surface area contributed by atoms with Crippen molar-refractivity contribution in [1.29, 1.82) is 0 Å². The van der Waals surface area contributed by atoms with Gasteiger partial charge in [-0.2, -0.15) is 0 Å². The van der Waals surface area contributed by atoms with E-state index in [4.69, 9.17) is 19.9 Å². The third-order valence-corrected chi connectivity index (χ3v) is 7.40. The van der Waals surface area contributed by atoms with E-state index in [9.17, 15) is 9.59 Å². The zero-order valence-corrected chi connectivity index (χ0v) is 22.2. The molecule has 3 N–H and O–H groups in total. The monoisotopic (exact) mass is 519 g/mol. The number of ketones is 1. The van der Waals surface area contributed by atoms with Crippen LogP contribution in [0.3, 0.4) is 0 Å². The Hall–Kier alpha value is -3.52. The average molecular weight is 520 g/mol. The van der Waals surface area contributed by atoms with Gasteiger partial charge in [-0.05, 0) is 63.4 Å². The molecule has 38 heavy (non-hydrogen) atoms. The second-order valence-electron chi connectivity index (χ2n) is 10.5. The first kappa shape index (κ1) is 26.1. The largest absolute Gasteiger partial charge is 0.490 e. The molecule has 1 saturated heterocycles. The lowest BCUT2D eigenvalue weighted by atomic mass is 9.91. The average Bonchev–Trinajstić information content (AvgIpc) is 3.18. The highest BCUT2D eigenvalue weighted by atomic mass is 16.6. The number of nitrogens with two attached hydrogens (primary N) is 1. The highest BCUT2D eigenvalue weighted by Gasteiger charge is 2.31. The Morgan fingerprint density at radius 2 is 1.97 bits per heavy atom. The van der Waals surface area contributed by atoms with E-state index in [2.05, 4.69) is 22.0 Å². The first-order chi connectivity index (χ1) is 18.4. The Morgan fingerprint density at radius 1 is 1.18 bits per heavy atom. The van der Waals surface area contributed by atoms with Crippen LogP contribution < -0.4 is 15.8 Å². The van der Waals surface area contributed by atoms with Gasteiger partial charge in [-0.25, -0.2) is 4.79 Å². The normalized spacial score (nSPS) is 20.5. The summed E-state index contributed by atoms with van der Waals surface area (Å²) in [4.78, 5) is 25.5. The smallest absolute Gasteiger partial charge is 0.407 e. The van der Waals surface area contributed by atoms with Crippen molar-refractivity contribution >= 4 is 28.4 Å². The molecule has 0 bridgehead atoms. The van der Waals surface area contributed by atoms with Crippen molar-refractivity contribution in [2.45, 2.75) is 76.7 Å². The molecule has 1 aliphatic heterocycles. The number of benzene rings is 1. The predicted octanol–water partition coefficient (Wildman–Crippen LogP) is 5.43. The molecule has 0 spiro atoms. The second kappa shape index (κ2) is 11.5. The summed E-state index contributed by atoms with van der Waals surface area (Å²) in [6.07, 6.45) is 13.9. The third-order valence-electron chi connectivity index (χ3n) is 7.40. The van der Waals surface area contributed by atoms with Crippen molar-refractivity contribution < 1.29 is 23.8 Å². The number of carbonyl (C=O) groups is 2. The summed E-state index contributed by atoms with van der Waals surface area (Å²) in [5, 5.41) is 3.79. The molecule has 1 unspecified atom stereocenters. The fraction of sp³-hybridized carbons (Fsp3) is 0.467. The molecule has 3 aliphatic rings. The van der Waals surface area contributed by atoms with Crippen LogP contribution in [-0.2, 0) is 9.47 Å². The molecule has 2 heterocycles. The van der Waals surface area contributed by atoms with Crippen molar-refractivity contribution in [3.63, 3.8) is 0 Å². The minimum Gasteiger partial charge on any atom is -0.490 e. The van der Waals surface area contributed by atoms with Gasteiger partial charge >= 0.3 is 6.09 Å². The van der Waals surface area contributed by atoms with Gasteiger partial charge in [0.1, 0.15) is 11.9 Å². The highest BCUT2D eigenvalue weighted by Crippen LogP contribution is 2.43. The van der Waals surface area contributed by atoms with Crippen LogP contribution in [0.2, 0.25) is 0 Å². The molecule has 8 heteroatoms. The third kappa shape index (κ3) is 5.50. The predicted molar refractivity (Wildman–Crippen MR) is 147 cm³/mol. The fourth-order valence-corrected chi connectivity index (χ4v) is 5.38. The molecule has 2 aromatic rings. The van der Waals surface area contributed by atoms with Gasteiger partial charge in [-0.1, -0.05) is 18.2 Å². The number of aromatic nitrogens is 1. The summed E-state index contributed by atoms with van der Waals surface area (Å²) in [5.41, 5.74) is 9.16. The first-order valence-electron chi connectivity index (χ1n) is 13.7. The van der Waals surface area contributed by atoms with Gasteiger partial charge in [-0.15, -0.1) is 0 Å². The lowest BCUT2D eigenvalue weighted by Crippen LogP contribution is -2.35. The highest BCUT2D eigenvalue weighted by molar-refractivity contribution is 6.17. The van der Waals surface area contributed by atoms with E-state index in [1.807, 2.05) is 38.1 Å². The molecule has 2 aliphatic carbocycles. The molecule has 1 saturated carbocycles. The molecular weight excluding hydrogens is 482 g/mol. The maximum Gasteiger partial charge on any atom is 0.407 e. The van der Waals surface area contributed by atoms with E-state index in [0.29, 0.717) is 31.2 Å². The van der Waals surface area contributed by atoms with Crippen LogP contribution in [0.25, 0.3) is 16.5 Å². The molecule has 1 aromatic carbocycles. The fourth-order valence-electron chi connectivity index (χ4n) is 5.38. The number of carbonyl (C=O) groups excluding carboxylic acids is 2. The molecule has 1 aromatic heterocycles. The maximum atomic E-state index is 13.4. The SMILES string of the molecule is CC(C)OC(=O)NC1C=CC(c2c(C(=O)C=CN)c3ccc(OC4CCOCC4)cc3n2C2CCC2)=CC1. The number of amides is 1. The Morgan fingerprint density at radius 3 is 2.61 bits per heavy atom. The van der Waals surface area contributed by atoms with Gasteiger partial charge in [0.05, 0.1) is 42.1 Å². The van der Waals surface area contributed by atoms with Crippen LogP contribution in [0.15, 0.2) is 48.7 Å². The van der Waals surface area contributed by atoms with Crippen LogP contribution in [0.4, 0.5) is 4.79 Å². The van der Waals surface area contributed by atoms with Gasteiger partial charge < -0.3 is 29.8 Å². The van der Waals surface area contributed by atoms with Crippen molar-refractivity contribution in [2.75, 3.05) is 13.2 Å². The van der Waals surface area contributed by atoms with Crippen molar-refractivity contribution in [3.05, 3.63) is 60.0 Å². The molecule has 2 fully saturated rings. The van der Waals surface area contributed by atoms with E-state index in [1.165, 1.54) is 12.3 Å². The first-order valence-corrected chi connectivity index (χ1v) is 13.7. The minimum absolute atomic E-state index is 0.126. The van der Waals surface area contributed by atoms with Gasteiger partial charge in [0.2, 0.25) is 0 Å². The summed E-state index contributed by atoms with van der Waals surface area (Å²) in [6.45, 7) is 5.07. The number of ether oxygens (including phenoxy) is 3. The zero-order chi connectivity index (χ0) is 26.6. The lowest BCUT2D eigenvalue weighted by molar-refractivity contribution is 0.0256. The van der Waals surface area contributed by atoms with Crippen LogP contribution in [-0.4, -0.2) is 47.9 Å². The molecule has 202 valence electrons. The maximum absolute atomic E-state index is 13.4. The topological polar surface area (TPSA) is 105 Å². The molecule has 8 nitrogen and oxygen atoms in total.